The number of thiophene rings is 1. The number of rotatable bonds is 4. The largest absolute Gasteiger partial charge is 0.508 e. The standard InChI is InChI=1S/C18H21NO2S/c20-15-7-4-5-13(11-15)9-10-19-18(21)17-12-14-6-2-1-3-8-16(14)22-17/h4-5,7,11-12,20H,1-3,6,8-10H2,(H,19,21). The zero-order valence-corrected chi connectivity index (χ0v) is 13.4. The lowest BCUT2D eigenvalue weighted by atomic mass is 10.1. The van der Waals surface area contributed by atoms with Gasteiger partial charge in [0.1, 0.15) is 5.75 Å². The van der Waals surface area contributed by atoms with Crippen molar-refractivity contribution in [2.24, 2.45) is 0 Å². The summed E-state index contributed by atoms with van der Waals surface area (Å²) in [5.74, 6) is 0.295. The molecule has 2 N–H and O–H groups in total. The van der Waals surface area contributed by atoms with Gasteiger partial charge in [0.25, 0.3) is 5.91 Å². The summed E-state index contributed by atoms with van der Waals surface area (Å²) in [7, 11) is 0. The highest BCUT2D eigenvalue weighted by Gasteiger charge is 2.16. The summed E-state index contributed by atoms with van der Waals surface area (Å²) in [5.41, 5.74) is 2.41. The van der Waals surface area contributed by atoms with E-state index in [1.807, 2.05) is 12.1 Å². The maximum atomic E-state index is 12.3. The van der Waals surface area contributed by atoms with Gasteiger partial charge in [-0.1, -0.05) is 18.6 Å². The van der Waals surface area contributed by atoms with Crippen molar-refractivity contribution in [3.8, 4) is 5.75 Å². The van der Waals surface area contributed by atoms with Crippen molar-refractivity contribution in [2.75, 3.05) is 6.54 Å². The van der Waals surface area contributed by atoms with E-state index < -0.39 is 0 Å². The third-order valence-corrected chi connectivity index (χ3v) is 5.32. The van der Waals surface area contributed by atoms with Gasteiger partial charge < -0.3 is 10.4 Å². The van der Waals surface area contributed by atoms with Crippen LogP contribution in [-0.4, -0.2) is 17.6 Å². The summed E-state index contributed by atoms with van der Waals surface area (Å²) < 4.78 is 0. The third-order valence-electron chi connectivity index (χ3n) is 4.08. The molecule has 0 radical (unpaired) electrons. The number of hydrogen-bond acceptors (Lipinski definition) is 3. The SMILES string of the molecule is O=C(NCCc1cccc(O)c1)c1cc2c(s1)CCCCC2. The number of phenolic OH excluding ortho intramolecular Hbond substituents is 1. The zero-order chi connectivity index (χ0) is 15.4. The van der Waals surface area contributed by atoms with Crippen molar-refractivity contribution < 1.29 is 9.90 Å². The van der Waals surface area contributed by atoms with Crippen LogP contribution in [0.4, 0.5) is 0 Å². The van der Waals surface area contributed by atoms with Crippen molar-refractivity contribution in [3.63, 3.8) is 0 Å². The Balaban J connectivity index is 1.56. The van der Waals surface area contributed by atoms with Crippen molar-refractivity contribution in [3.05, 3.63) is 51.2 Å². The van der Waals surface area contributed by atoms with Crippen LogP contribution in [0, 0.1) is 0 Å². The summed E-state index contributed by atoms with van der Waals surface area (Å²) in [6, 6.07) is 9.25. The molecule has 0 bridgehead atoms. The van der Waals surface area contributed by atoms with E-state index >= 15 is 0 Å². The van der Waals surface area contributed by atoms with E-state index in [-0.39, 0.29) is 11.7 Å². The summed E-state index contributed by atoms with van der Waals surface area (Å²) >= 11 is 1.65. The fraction of sp³-hybridized carbons (Fsp3) is 0.389. The highest BCUT2D eigenvalue weighted by Crippen LogP contribution is 2.28. The molecule has 0 saturated carbocycles. The van der Waals surface area contributed by atoms with Crippen LogP contribution in [0.3, 0.4) is 0 Å². The van der Waals surface area contributed by atoms with Crippen LogP contribution in [0.1, 0.15) is 44.9 Å². The van der Waals surface area contributed by atoms with E-state index in [1.165, 1.54) is 29.7 Å². The predicted molar refractivity (Wildman–Crippen MR) is 89.7 cm³/mol. The van der Waals surface area contributed by atoms with E-state index in [0.717, 1.165) is 29.7 Å². The minimum Gasteiger partial charge on any atom is -0.508 e. The lowest BCUT2D eigenvalue weighted by Gasteiger charge is -2.04. The first-order valence-corrected chi connectivity index (χ1v) is 8.72. The molecule has 0 atom stereocenters. The number of fused-ring (bicyclic) bond motifs is 1. The van der Waals surface area contributed by atoms with Crippen LogP contribution in [0.25, 0.3) is 0 Å². The predicted octanol–water partition coefficient (Wildman–Crippen LogP) is 3.70. The van der Waals surface area contributed by atoms with Gasteiger partial charge in [0, 0.05) is 11.4 Å². The topological polar surface area (TPSA) is 49.3 Å². The summed E-state index contributed by atoms with van der Waals surface area (Å²) in [6.07, 6.45) is 6.74. The quantitative estimate of drug-likeness (QED) is 0.845. The van der Waals surface area contributed by atoms with Crippen LogP contribution in [0.2, 0.25) is 0 Å². The Morgan fingerprint density at radius 1 is 1.18 bits per heavy atom. The van der Waals surface area contributed by atoms with Gasteiger partial charge in [-0.25, -0.2) is 0 Å². The average Bonchev–Trinajstić information content (AvgIpc) is 2.78. The molecule has 1 heterocycles. The smallest absolute Gasteiger partial charge is 0.261 e. The van der Waals surface area contributed by atoms with Gasteiger partial charge in [0.15, 0.2) is 0 Å². The van der Waals surface area contributed by atoms with Crippen molar-refractivity contribution >= 4 is 17.2 Å². The monoisotopic (exact) mass is 315 g/mol. The number of aromatic hydroxyl groups is 1. The first-order chi connectivity index (χ1) is 10.7. The Kier molecular flexibility index (Phi) is 4.78. The Morgan fingerprint density at radius 2 is 2.05 bits per heavy atom. The van der Waals surface area contributed by atoms with Crippen LogP contribution < -0.4 is 5.32 Å². The molecule has 0 saturated heterocycles. The van der Waals surface area contributed by atoms with Gasteiger partial charge in [-0.05, 0) is 61.4 Å². The summed E-state index contributed by atoms with van der Waals surface area (Å²) in [6.45, 7) is 0.588. The molecule has 116 valence electrons. The number of amides is 1. The number of phenols is 1. The third kappa shape index (κ3) is 3.69. The van der Waals surface area contributed by atoms with Crippen LogP contribution >= 0.6 is 11.3 Å². The Labute approximate surface area is 135 Å². The molecule has 1 aromatic heterocycles. The van der Waals surface area contributed by atoms with Gasteiger partial charge in [0.2, 0.25) is 0 Å². The number of benzene rings is 1. The van der Waals surface area contributed by atoms with E-state index in [9.17, 15) is 9.90 Å². The maximum Gasteiger partial charge on any atom is 0.261 e. The maximum absolute atomic E-state index is 12.3. The lowest BCUT2D eigenvalue weighted by Crippen LogP contribution is -2.24. The Bertz CT molecular complexity index is 639. The number of carbonyl (C=O) groups excluding carboxylic acids is 1. The molecule has 0 aliphatic heterocycles. The first kappa shape index (κ1) is 15.1. The minimum absolute atomic E-state index is 0.0261. The minimum atomic E-state index is 0.0261. The molecule has 3 nitrogen and oxygen atoms in total. The van der Waals surface area contributed by atoms with Crippen LogP contribution in [-0.2, 0) is 19.3 Å². The molecule has 0 spiro atoms. The van der Waals surface area contributed by atoms with E-state index in [4.69, 9.17) is 0 Å². The molecule has 1 aliphatic rings. The van der Waals surface area contributed by atoms with Crippen molar-refractivity contribution in [1.82, 2.24) is 5.32 Å². The van der Waals surface area contributed by atoms with Crippen molar-refractivity contribution in [2.45, 2.75) is 38.5 Å². The molecular weight excluding hydrogens is 294 g/mol. The number of nitrogens with one attached hydrogen (secondary N) is 1. The molecule has 4 heteroatoms. The number of carbonyl (C=O) groups is 1. The molecule has 22 heavy (non-hydrogen) atoms. The van der Waals surface area contributed by atoms with E-state index in [0.29, 0.717) is 6.54 Å². The normalized spacial score (nSPS) is 14.2. The molecule has 0 unspecified atom stereocenters. The summed E-state index contributed by atoms with van der Waals surface area (Å²) in [5, 5.41) is 12.4. The van der Waals surface area contributed by atoms with Crippen LogP contribution in [0.5, 0.6) is 5.75 Å². The van der Waals surface area contributed by atoms with Crippen LogP contribution in [0.15, 0.2) is 30.3 Å². The average molecular weight is 315 g/mol. The Hall–Kier alpha value is -1.81. The summed E-state index contributed by atoms with van der Waals surface area (Å²) in [4.78, 5) is 14.5. The molecule has 3 rings (SSSR count). The highest BCUT2D eigenvalue weighted by atomic mass is 32.1. The highest BCUT2D eigenvalue weighted by molar-refractivity contribution is 7.14. The second kappa shape index (κ2) is 6.97. The van der Waals surface area contributed by atoms with Gasteiger partial charge in [-0.2, -0.15) is 0 Å². The molecular formula is C18H21NO2S. The number of aryl methyl sites for hydroxylation is 2. The second-order valence-corrected chi connectivity index (χ2v) is 6.93. The van der Waals surface area contributed by atoms with Crippen molar-refractivity contribution in [1.29, 1.82) is 0 Å². The van der Waals surface area contributed by atoms with Gasteiger partial charge in [-0.3, -0.25) is 4.79 Å². The zero-order valence-electron chi connectivity index (χ0n) is 12.6. The van der Waals surface area contributed by atoms with E-state index in [2.05, 4.69) is 11.4 Å². The van der Waals surface area contributed by atoms with Gasteiger partial charge in [0.05, 0.1) is 4.88 Å². The van der Waals surface area contributed by atoms with E-state index in [1.54, 1.807) is 23.5 Å². The fourth-order valence-corrected chi connectivity index (χ4v) is 4.07. The van der Waals surface area contributed by atoms with Gasteiger partial charge in [-0.15, -0.1) is 11.3 Å². The molecule has 0 fully saturated rings. The number of hydrogen-bond donors (Lipinski definition) is 2. The lowest BCUT2D eigenvalue weighted by molar-refractivity contribution is 0.0958. The first-order valence-electron chi connectivity index (χ1n) is 7.90. The fourth-order valence-electron chi connectivity index (χ4n) is 2.90. The molecule has 1 amide bonds. The molecule has 1 aliphatic carbocycles. The second-order valence-electron chi connectivity index (χ2n) is 5.80. The molecule has 1 aromatic carbocycles. The molecule has 2 aromatic rings. The Morgan fingerprint density at radius 3 is 2.91 bits per heavy atom. The van der Waals surface area contributed by atoms with Gasteiger partial charge >= 0.3 is 0 Å².